The van der Waals surface area contributed by atoms with Gasteiger partial charge in [-0.25, -0.2) is 0 Å². The maximum absolute atomic E-state index is 12.8. The number of ether oxygens (including phenoxy) is 2. The monoisotopic (exact) mass is 414 g/mol. The molecule has 29 heavy (non-hydrogen) atoms. The Morgan fingerprint density at radius 1 is 1.14 bits per heavy atom. The van der Waals surface area contributed by atoms with E-state index in [9.17, 15) is 9.90 Å². The van der Waals surface area contributed by atoms with Gasteiger partial charge in [0.05, 0.1) is 18.9 Å². The lowest BCUT2D eigenvalue weighted by molar-refractivity contribution is 0.102. The molecule has 0 radical (unpaired) electrons. The fourth-order valence-electron chi connectivity index (χ4n) is 3.56. The van der Waals surface area contributed by atoms with E-state index in [0.717, 1.165) is 25.7 Å². The van der Waals surface area contributed by atoms with Gasteiger partial charge in [-0.3, -0.25) is 9.78 Å². The number of carbonyl (C=O) groups is 1. The van der Waals surface area contributed by atoms with Crippen LogP contribution in [0.3, 0.4) is 0 Å². The lowest BCUT2D eigenvalue weighted by atomic mass is 10.1. The first-order valence-electron chi connectivity index (χ1n) is 9.38. The summed E-state index contributed by atoms with van der Waals surface area (Å²) in [6, 6.07) is 11.9. The normalized spacial score (nSPS) is 13.7. The summed E-state index contributed by atoms with van der Waals surface area (Å²) in [5.41, 5.74) is 1.50. The molecule has 0 bridgehead atoms. The van der Waals surface area contributed by atoms with E-state index >= 15 is 0 Å². The molecule has 0 atom stereocenters. The zero-order valence-corrected chi connectivity index (χ0v) is 16.9. The number of carbonyl (C=O) groups excluding carboxylic acids is 1. The van der Waals surface area contributed by atoms with Gasteiger partial charge < -0.3 is 19.9 Å². The predicted molar refractivity (Wildman–Crippen MR) is 114 cm³/mol. The van der Waals surface area contributed by atoms with Gasteiger partial charge in [0.25, 0.3) is 5.91 Å². The summed E-state index contributed by atoms with van der Waals surface area (Å²) < 4.78 is 11.5. The van der Waals surface area contributed by atoms with Crippen LogP contribution >= 0.6 is 12.4 Å². The molecule has 0 saturated heterocycles. The van der Waals surface area contributed by atoms with Gasteiger partial charge in [0.1, 0.15) is 11.3 Å². The van der Waals surface area contributed by atoms with Crippen molar-refractivity contribution in [3.05, 3.63) is 54.2 Å². The first kappa shape index (κ1) is 20.7. The molecule has 0 unspecified atom stereocenters. The number of aromatic nitrogens is 1. The number of hydrogen-bond donors (Lipinski definition) is 2. The lowest BCUT2D eigenvalue weighted by Crippen LogP contribution is -2.15. The van der Waals surface area contributed by atoms with Crippen LogP contribution in [0.15, 0.2) is 48.7 Å². The van der Waals surface area contributed by atoms with E-state index in [1.807, 2.05) is 0 Å². The molecule has 1 saturated carbocycles. The molecule has 0 aliphatic heterocycles. The molecule has 6 nitrogen and oxygen atoms in total. The SMILES string of the molecule is COc1ccc(C(=O)Nc2ccc(O)c3ncccc23)cc1OC1CCCC1.Cl. The Hall–Kier alpha value is -2.99. The highest BCUT2D eigenvalue weighted by Gasteiger charge is 2.20. The van der Waals surface area contributed by atoms with E-state index in [1.165, 1.54) is 6.07 Å². The van der Waals surface area contributed by atoms with E-state index in [1.54, 1.807) is 49.7 Å². The average Bonchev–Trinajstić information content (AvgIpc) is 3.23. The highest BCUT2D eigenvalue weighted by Crippen LogP contribution is 2.33. The van der Waals surface area contributed by atoms with Crippen LogP contribution in [0.2, 0.25) is 0 Å². The van der Waals surface area contributed by atoms with Crippen molar-refractivity contribution in [3.8, 4) is 17.2 Å². The molecule has 4 rings (SSSR count). The van der Waals surface area contributed by atoms with Crippen LogP contribution in [0.4, 0.5) is 5.69 Å². The van der Waals surface area contributed by atoms with Gasteiger partial charge in [0, 0.05) is 17.1 Å². The first-order chi connectivity index (χ1) is 13.7. The number of pyridine rings is 1. The Morgan fingerprint density at radius 2 is 1.93 bits per heavy atom. The Bertz CT molecular complexity index is 1020. The van der Waals surface area contributed by atoms with E-state index in [-0.39, 0.29) is 30.2 Å². The number of nitrogens with one attached hydrogen (secondary N) is 1. The van der Waals surface area contributed by atoms with E-state index in [2.05, 4.69) is 10.3 Å². The third kappa shape index (κ3) is 4.38. The molecule has 1 aliphatic rings. The summed E-state index contributed by atoms with van der Waals surface area (Å²) >= 11 is 0. The van der Waals surface area contributed by atoms with Crippen molar-refractivity contribution in [2.45, 2.75) is 31.8 Å². The zero-order chi connectivity index (χ0) is 19.5. The lowest BCUT2D eigenvalue weighted by Gasteiger charge is -2.17. The third-order valence-corrected chi connectivity index (χ3v) is 5.02. The van der Waals surface area contributed by atoms with Crippen LogP contribution in [0.25, 0.3) is 10.9 Å². The number of phenolic OH excluding ortho intramolecular Hbond substituents is 1. The van der Waals surface area contributed by atoms with Crippen molar-refractivity contribution in [2.24, 2.45) is 0 Å². The molecular formula is C22H23ClN2O4. The summed E-state index contributed by atoms with van der Waals surface area (Å²) in [5, 5.41) is 13.5. The van der Waals surface area contributed by atoms with Gasteiger partial charge in [-0.15, -0.1) is 12.4 Å². The molecule has 1 aliphatic carbocycles. The smallest absolute Gasteiger partial charge is 0.255 e. The summed E-state index contributed by atoms with van der Waals surface area (Å²) in [7, 11) is 1.59. The molecule has 0 spiro atoms. The number of rotatable bonds is 5. The van der Waals surface area contributed by atoms with Crippen LogP contribution in [0, 0.1) is 0 Å². The number of benzene rings is 2. The molecule has 2 N–H and O–H groups in total. The number of hydrogen-bond acceptors (Lipinski definition) is 5. The summed E-state index contributed by atoms with van der Waals surface area (Å²) in [6.07, 6.45) is 6.13. The Labute approximate surface area is 175 Å². The molecule has 2 aromatic carbocycles. The number of nitrogens with zero attached hydrogens (tertiary/aromatic N) is 1. The van der Waals surface area contributed by atoms with Crippen molar-refractivity contribution in [2.75, 3.05) is 12.4 Å². The second-order valence-corrected chi connectivity index (χ2v) is 6.88. The second-order valence-electron chi connectivity index (χ2n) is 6.88. The van der Waals surface area contributed by atoms with Crippen molar-refractivity contribution < 1.29 is 19.4 Å². The number of amides is 1. The maximum atomic E-state index is 12.8. The van der Waals surface area contributed by atoms with Crippen molar-refractivity contribution in [1.29, 1.82) is 0 Å². The van der Waals surface area contributed by atoms with Crippen molar-refractivity contribution in [3.63, 3.8) is 0 Å². The number of fused-ring (bicyclic) bond motifs is 1. The van der Waals surface area contributed by atoms with Crippen LogP contribution < -0.4 is 14.8 Å². The number of halogens is 1. The Morgan fingerprint density at radius 3 is 2.69 bits per heavy atom. The van der Waals surface area contributed by atoms with Gasteiger partial charge in [0.2, 0.25) is 0 Å². The highest BCUT2D eigenvalue weighted by atomic mass is 35.5. The zero-order valence-electron chi connectivity index (χ0n) is 16.1. The minimum atomic E-state index is -0.269. The highest BCUT2D eigenvalue weighted by molar-refractivity contribution is 6.09. The molecule has 7 heteroatoms. The van der Waals surface area contributed by atoms with E-state index in [4.69, 9.17) is 9.47 Å². The number of aromatic hydroxyl groups is 1. The van der Waals surface area contributed by atoms with E-state index in [0.29, 0.717) is 33.7 Å². The third-order valence-electron chi connectivity index (χ3n) is 5.02. The largest absolute Gasteiger partial charge is 0.506 e. The van der Waals surface area contributed by atoms with Crippen LogP contribution in [-0.4, -0.2) is 29.2 Å². The van der Waals surface area contributed by atoms with Gasteiger partial charge in [0.15, 0.2) is 11.5 Å². The molecular weight excluding hydrogens is 392 g/mol. The maximum Gasteiger partial charge on any atom is 0.255 e. The second kappa shape index (κ2) is 9.01. The molecule has 1 heterocycles. The van der Waals surface area contributed by atoms with Gasteiger partial charge in [-0.2, -0.15) is 0 Å². The van der Waals surface area contributed by atoms with Crippen molar-refractivity contribution >= 4 is 34.9 Å². The molecule has 1 amide bonds. The minimum absolute atomic E-state index is 0. The summed E-state index contributed by atoms with van der Waals surface area (Å²) in [5.74, 6) is 1.00. The summed E-state index contributed by atoms with van der Waals surface area (Å²) in [4.78, 5) is 17.0. The van der Waals surface area contributed by atoms with Crippen LogP contribution in [-0.2, 0) is 0 Å². The fraction of sp³-hybridized carbons (Fsp3) is 0.273. The summed E-state index contributed by atoms with van der Waals surface area (Å²) in [6.45, 7) is 0. The topological polar surface area (TPSA) is 80.7 Å². The van der Waals surface area contributed by atoms with Gasteiger partial charge in [-0.1, -0.05) is 0 Å². The number of anilines is 1. The average molecular weight is 415 g/mol. The Balaban J connectivity index is 0.00000240. The Kier molecular flexibility index (Phi) is 6.44. The van der Waals surface area contributed by atoms with Gasteiger partial charge >= 0.3 is 0 Å². The number of methoxy groups -OCH3 is 1. The molecule has 1 fully saturated rings. The fourth-order valence-corrected chi connectivity index (χ4v) is 3.56. The molecule has 1 aromatic heterocycles. The van der Waals surface area contributed by atoms with Crippen LogP contribution in [0.1, 0.15) is 36.0 Å². The molecule has 3 aromatic rings. The molecule has 152 valence electrons. The van der Waals surface area contributed by atoms with E-state index < -0.39 is 0 Å². The van der Waals surface area contributed by atoms with Gasteiger partial charge in [-0.05, 0) is 68.1 Å². The number of phenols is 1. The van der Waals surface area contributed by atoms with Crippen LogP contribution in [0.5, 0.6) is 17.2 Å². The quantitative estimate of drug-likeness (QED) is 0.577. The van der Waals surface area contributed by atoms with Crippen molar-refractivity contribution in [1.82, 2.24) is 4.98 Å². The minimum Gasteiger partial charge on any atom is -0.506 e. The standard InChI is InChI=1S/C22H22N2O4.ClH/c1-27-19-11-8-14(13-20(19)28-15-5-2-3-6-15)22(26)24-17-9-10-18(25)21-16(17)7-4-12-23-21;/h4,7-13,15,25H,2-3,5-6H2,1H3,(H,24,26);1H. The predicted octanol–water partition coefficient (Wildman–Crippen LogP) is 4.94. The first-order valence-corrected chi connectivity index (χ1v) is 9.38.